The van der Waals surface area contributed by atoms with E-state index in [0.29, 0.717) is 18.1 Å². The van der Waals surface area contributed by atoms with E-state index in [-0.39, 0.29) is 18.0 Å². The molecule has 0 spiro atoms. The molecule has 1 unspecified atom stereocenters. The third kappa shape index (κ3) is 3.64. The number of likely N-dealkylation sites (tertiary alicyclic amines) is 1. The molecule has 0 saturated carbocycles. The maximum Gasteiger partial charge on any atom is 0.257 e. The van der Waals surface area contributed by atoms with Gasteiger partial charge in [-0.2, -0.15) is 0 Å². The summed E-state index contributed by atoms with van der Waals surface area (Å²) in [7, 11) is 0. The first-order chi connectivity index (χ1) is 12.8. The first-order valence-corrected chi connectivity index (χ1v) is 9.58. The zero-order valence-corrected chi connectivity index (χ0v) is 16.2. The standard InChI is InChI=1S/C20H23ClN4O2/c1-20(2,27)17-5-6-25(17)18(26)14-10-22-19(23-11-14)24-16-8-12-3-4-15(21)7-13(12)9-16/h3-4,7,10-11,16-17,27H,5-6,8-9H2,1-2H3,(H,22,23,24)/t16?,17-/m1/s1. The summed E-state index contributed by atoms with van der Waals surface area (Å²) in [6, 6.07) is 6.04. The van der Waals surface area contributed by atoms with E-state index in [1.807, 2.05) is 12.1 Å². The zero-order valence-electron chi connectivity index (χ0n) is 15.4. The Bertz CT molecular complexity index is 863. The van der Waals surface area contributed by atoms with Gasteiger partial charge >= 0.3 is 0 Å². The number of carbonyl (C=O) groups is 1. The molecule has 2 atom stereocenters. The topological polar surface area (TPSA) is 78.3 Å². The average Bonchev–Trinajstić information content (AvgIpc) is 2.94. The van der Waals surface area contributed by atoms with E-state index >= 15 is 0 Å². The molecule has 6 nitrogen and oxygen atoms in total. The molecule has 2 N–H and O–H groups in total. The van der Waals surface area contributed by atoms with Crippen molar-refractivity contribution in [1.29, 1.82) is 0 Å². The van der Waals surface area contributed by atoms with Crippen LogP contribution < -0.4 is 5.32 Å². The summed E-state index contributed by atoms with van der Waals surface area (Å²) in [5.41, 5.74) is 2.08. The van der Waals surface area contributed by atoms with Crippen molar-refractivity contribution >= 4 is 23.5 Å². The van der Waals surface area contributed by atoms with Crippen molar-refractivity contribution in [2.75, 3.05) is 11.9 Å². The molecule has 1 aromatic carbocycles. The second-order valence-electron chi connectivity index (χ2n) is 7.91. The Morgan fingerprint density at radius 3 is 2.59 bits per heavy atom. The van der Waals surface area contributed by atoms with Gasteiger partial charge in [-0.25, -0.2) is 9.97 Å². The Hall–Kier alpha value is -2.18. The quantitative estimate of drug-likeness (QED) is 0.844. The summed E-state index contributed by atoms with van der Waals surface area (Å²) in [5, 5.41) is 14.2. The molecule has 1 aromatic heterocycles. The van der Waals surface area contributed by atoms with Gasteiger partial charge in [0.2, 0.25) is 5.95 Å². The van der Waals surface area contributed by atoms with Gasteiger partial charge in [0.05, 0.1) is 17.2 Å². The molecule has 1 aliphatic heterocycles. The summed E-state index contributed by atoms with van der Waals surface area (Å²) in [4.78, 5) is 22.9. The average molecular weight is 387 g/mol. The van der Waals surface area contributed by atoms with E-state index < -0.39 is 5.60 Å². The van der Waals surface area contributed by atoms with Gasteiger partial charge in [-0.1, -0.05) is 17.7 Å². The Morgan fingerprint density at radius 1 is 1.26 bits per heavy atom. The van der Waals surface area contributed by atoms with E-state index in [1.54, 1.807) is 31.1 Å². The highest BCUT2D eigenvalue weighted by atomic mass is 35.5. The number of nitrogens with zero attached hydrogens (tertiary/aromatic N) is 3. The maximum atomic E-state index is 12.6. The van der Waals surface area contributed by atoms with Crippen LogP contribution in [0, 0.1) is 0 Å². The summed E-state index contributed by atoms with van der Waals surface area (Å²) in [5.74, 6) is 0.376. The molecule has 2 aromatic rings. The summed E-state index contributed by atoms with van der Waals surface area (Å²) in [6.07, 6.45) is 5.69. The molecule has 27 heavy (non-hydrogen) atoms. The Balaban J connectivity index is 1.39. The van der Waals surface area contributed by atoms with E-state index in [2.05, 4.69) is 21.4 Å². The molecule has 142 valence electrons. The van der Waals surface area contributed by atoms with Crippen molar-refractivity contribution < 1.29 is 9.90 Å². The van der Waals surface area contributed by atoms with E-state index in [0.717, 1.165) is 24.3 Å². The number of aliphatic hydroxyl groups is 1. The van der Waals surface area contributed by atoms with Crippen molar-refractivity contribution in [3.05, 3.63) is 52.3 Å². The van der Waals surface area contributed by atoms with Gasteiger partial charge in [-0.3, -0.25) is 4.79 Å². The molecule has 1 amide bonds. The van der Waals surface area contributed by atoms with Crippen LogP contribution in [0.3, 0.4) is 0 Å². The minimum atomic E-state index is -0.906. The van der Waals surface area contributed by atoms with Gasteiger partial charge < -0.3 is 15.3 Å². The third-order valence-electron chi connectivity index (χ3n) is 5.43. The summed E-state index contributed by atoms with van der Waals surface area (Å²) >= 11 is 6.06. The van der Waals surface area contributed by atoms with Crippen molar-refractivity contribution in [2.45, 2.75) is 50.8 Å². The van der Waals surface area contributed by atoms with Crippen LogP contribution in [-0.4, -0.2) is 50.1 Å². The van der Waals surface area contributed by atoms with Crippen molar-refractivity contribution in [2.24, 2.45) is 0 Å². The fraction of sp³-hybridized carbons (Fsp3) is 0.450. The van der Waals surface area contributed by atoms with Crippen LogP contribution in [0.5, 0.6) is 0 Å². The lowest BCUT2D eigenvalue weighted by Gasteiger charge is -2.47. The number of benzene rings is 1. The lowest BCUT2D eigenvalue weighted by molar-refractivity contribution is -0.0550. The fourth-order valence-electron chi connectivity index (χ4n) is 3.92. The molecule has 0 bridgehead atoms. The fourth-order valence-corrected chi connectivity index (χ4v) is 4.11. The Morgan fingerprint density at radius 2 is 1.96 bits per heavy atom. The number of hydrogen-bond acceptors (Lipinski definition) is 5. The molecular weight excluding hydrogens is 364 g/mol. The monoisotopic (exact) mass is 386 g/mol. The molecular formula is C20H23ClN4O2. The lowest BCUT2D eigenvalue weighted by atomic mass is 9.87. The molecule has 2 heterocycles. The van der Waals surface area contributed by atoms with Crippen LogP contribution in [0.15, 0.2) is 30.6 Å². The molecule has 1 fully saturated rings. The number of anilines is 1. The molecule has 1 saturated heterocycles. The van der Waals surface area contributed by atoms with Crippen LogP contribution in [0.2, 0.25) is 5.02 Å². The smallest absolute Gasteiger partial charge is 0.257 e. The van der Waals surface area contributed by atoms with Crippen LogP contribution in [0.25, 0.3) is 0 Å². The van der Waals surface area contributed by atoms with Crippen LogP contribution in [-0.2, 0) is 12.8 Å². The number of carbonyl (C=O) groups excluding carboxylic acids is 1. The second-order valence-corrected chi connectivity index (χ2v) is 8.35. The number of amides is 1. The number of nitrogens with one attached hydrogen (secondary N) is 1. The first kappa shape index (κ1) is 18.2. The largest absolute Gasteiger partial charge is 0.388 e. The van der Waals surface area contributed by atoms with Crippen molar-refractivity contribution in [1.82, 2.24) is 14.9 Å². The van der Waals surface area contributed by atoms with Crippen molar-refractivity contribution in [3.63, 3.8) is 0 Å². The minimum absolute atomic E-state index is 0.136. The SMILES string of the molecule is CC(C)(O)[C@H]1CCN1C(=O)c1cnc(NC2Cc3ccc(Cl)cc3C2)nc1. The maximum absolute atomic E-state index is 12.6. The zero-order chi connectivity index (χ0) is 19.2. The summed E-state index contributed by atoms with van der Waals surface area (Å²) in [6.45, 7) is 4.11. The highest BCUT2D eigenvalue weighted by molar-refractivity contribution is 6.30. The predicted octanol–water partition coefficient (Wildman–Crippen LogP) is 2.69. The van der Waals surface area contributed by atoms with Crippen LogP contribution in [0.1, 0.15) is 41.8 Å². The molecule has 2 aliphatic rings. The van der Waals surface area contributed by atoms with Gasteiger partial charge in [0.25, 0.3) is 5.91 Å². The second kappa shape index (κ2) is 6.77. The first-order valence-electron chi connectivity index (χ1n) is 9.20. The summed E-state index contributed by atoms with van der Waals surface area (Å²) < 4.78 is 0. The third-order valence-corrected chi connectivity index (χ3v) is 5.66. The number of fused-ring (bicyclic) bond motifs is 1. The number of aromatic nitrogens is 2. The van der Waals surface area contributed by atoms with E-state index in [9.17, 15) is 9.90 Å². The molecule has 4 rings (SSSR count). The van der Waals surface area contributed by atoms with Gasteiger partial charge in [0.15, 0.2) is 0 Å². The van der Waals surface area contributed by atoms with Gasteiger partial charge in [-0.05, 0) is 56.4 Å². The predicted molar refractivity (Wildman–Crippen MR) is 104 cm³/mol. The molecule has 7 heteroatoms. The lowest BCUT2D eigenvalue weighted by Crippen LogP contribution is -2.60. The normalized spacial score (nSPS) is 21.6. The van der Waals surface area contributed by atoms with E-state index in [4.69, 9.17) is 11.6 Å². The molecule has 1 aliphatic carbocycles. The Kier molecular flexibility index (Phi) is 4.56. The van der Waals surface area contributed by atoms with E-state index in [1.165, 1.54) is 11.1 Å². The van der Waals surface area contributed by atoms with Gasteiger partial charge in [-0.15, -0.1) is 0 Å². The highest BCUT2D eigenvalue weighted by Crippen LogP contribution is 2.29. The van der Waals surface area contributed by atoms with Gasteiger partial charge in [0.1, 0.15) is 0 Å². The van der Waals surface area contributed by atoms with Crippen LogP contribution >= 0.6 is 11.6 Å². The number of halogens is 1. The number of hydrogen-bond donors (Lipinski definition) is 2. The van der Waals surface area contributed by atoms with Crippen LogP contribution in [0.4, 0.5) is 5.95 Å². The molecule has 0 radical (unpaired) electrons. The minimum Gasteiger partial charge on any atom is -0.388 e. The Labute approximate surface area is 163 Å². The van der Waals surface area contributed by atoms with Gasteiger partial charge in [0, 0.05) is 30.0 Å². The number of rotatable bonds is 4. The highest BCUT2D eigenvalue weighted by Gasteiger charge is 2.42. The van der Waals surface area contributed by atoms with Crippen molar-refractivity contribution in [3.8, 4) is 0 Å².